The van der Waals surface area contributed by atoms with Crippen LogP contribution in [0.4, 0.5) is 5.82 Å². The summed E-state index contributed by atoms with van der Waals surface area (Å²) in [6.07, 6.45) is 0. The Morgan fingerprint density at radius 2 is 2.04 bits per heavy atom. The van der Waals surface area contributed by atoms with Crippen molar-refractivity contribution < 1.29 is 4.79 Å². The zero-order chi connectivity index (χ0) is 19.4. The summed E-state index contributed by atoms with van der Waals surface area (Å²) >= 11 is 1.24. The van der Waals surface area contributed by atoms with Crippen LogP contribution in [0.2, 0.25) is 0 Å². The summed E-state index contributed by atoms with van der Waals surface area (Å²) in [7, 11) is 1.71. The first kappa shape index (κ1) is 18.7. The molecule has 8 nitrogen and oxygen atoms in total. The summed E-state index contributed by atoms with van der Waals surface area (Å²) in [6, 6.07) is 12.1. The first-order chi connectivity index (χ1) is 13.0. The van der Waals surface area contributed by atoms with Crippen molar-refractivity contribution in [2.24, 2.45) is 7.05 Å². The predicted molar refractivity (Wildman–Crippen MR) is 102 cm³/mol. The first-order valence-corrected chi connectivity index (χ1v) is 9.28. The quantitative estimate of drug-likeness (QED) is 0.657. The SMILES string of the molecule is Cc1c(C#N)c(NC(=O)CSc2nnnn2C)n(Cc2ccccc2)c1C. The van der Waals surface area contributed by atoms with E-state index in [0.29, 0.717) is 23.1 Å². The Morgan fingerprint density at radius 3 is 2.67 bits per heavy atom. The van der Waals surface area contributed by atoms with Gasteiger partial charge >= 0.3 is 0 Å². The van der Waals surface area contributed by atoms with Crippen LogP contribution in [-0.4, -0.2) is 36.4 Å². The largest absolute Gasteiger partial charge is 0.326 e. The molecule has 0 aliphatic rings. The van der Waals surface area contributed by atoms with E-state index in [2.05, 4.69) is 26.9 Å². The number of tetrazole rings is 1. The van der Waals surface area contributed by atoms with E-state index < -0.39 is 0 Å². The molecule has 0 unspecified atom stereocenters. The lowest BCUT2D eigenvalue weighted by Gasteiger charge is -2.13. The number of amides is 1. The molecule has 0 bridgehead atoms. The van der Waals surface area contributed by atoms with Crippen LogP contribution in [0, 0.1) is 25.2 Å². The standard InChI is InChI=1S/C18H19N7OS/c1-12-13(2)25(10-14-7-5-4-6-8-14)17(15(12)9-19)20-16(26)11-27-18-21-22-23-24(18)3/h4-8H,10-11H2,1-3H3,(H,20,26). The molecule has 0 aliphatic heterocycles. The molecule has 1 amide bonds. The molecule has 2 aromatic heterocycles. The summed E-state index contributed by atoms with van der Waals surface area (Å²) in [5.74, 6) is 0.456. The fourth-order valence-electron chi connectivity index (χ4n) is 2.74. The van der Waals surface area contributed by atoms with Crippen molar-refractivity contribution in [3.8, 4) is 6.07 Å². The molecule has 9 heteroatoms. The minimum Gasteiger partial charge on any atom is -0.326 e. The molecule has 27 heavy (non-hydrogen) atoms. The number of nitrogens with zero attached hydrogens (tertiary/aromatic N) is 6. The molecular formula is C18H19N7OS. The Labute approximate surface area is 161 Å². The number of hydrogen-bond donors (Lipinski definition) is 1. The molecule has 0 radical (unpaired) electrons. The average molecular weight is 381 g/mol. The number of aromatic nitrogens is 5. The molecule has 3 rings (SSSR count). The zero-order valence-electron chi connectivity index (χ0n) is 15.3. The summed E-state index contributed by atoms with van der Waals surface area (Å²) in [4.78, 5) is 12.5. The Hall–Kier alpha value is -3.12. The molecule has 138 valence electrons. The maximum atomic E-state index is 12.5. The number of nitriles is 1. The molecule has 0 fully saturated rings. The van der Waals surface area contributed by atoms with Crippen molar-refractivity contribution in [3.63, 3.8) is 0 Å². The highest BCUT2D eigenvalue weighted by Crippen LogP contribution is 2.27. The molecule has 0 aliphatic carbocycles. The third kappa shape index (κ3) is 4.01. The molecule has 0 saturated heterocycles. The predicted octanol–water partition coefficient (Wildman–Crippen LogP) is 2.28. The monoisotopic (exact) mass is 381 g/mol. The maximum Gasteiger partial charge on any atom is 0.235 e. The van der Waals surface area contributed by atoms with Crippen LogP contribution >= 0.6 is 11.8 Å². The Bertz CT molecular complexity index is 1000. The highest BCUT2D eigenvalue weighted by molar-refractivity contribution is 7.99. The molecule has 0 saturated carbocycles. The molecular weight excluding hydrogens is 362 g/mol. The number of anilines is 1. The number of benzene rings is 1. The van der Waals surface area contributed by atoms with E-state index in [4.69, 9.17) is 0 Å². The van der Waals surface area contributed by atoms with E-state index >= 15 is 0 Å². The van der Waals surface area contributed by atoms with Crippen molar-refractivity contribution in [3.05, 3.63) is 52.7 Å². The van der Waals surface area contributed by atoms with Crippen LogP contribution in [0.1, 0.15) is 22.4 Å². The van der Waals surface area contributed by atoms with Crippen LogP contribution in [0.25, 0.3) is 0 Å². The molecule has 2 heterocycles. The number of nitrogens with one attached hydrogen (secondary N) is 1. The number of aryl methyl sites for hydroxylation is 1. The third-order valence-electron chi connectivity index (χ3n) is 4.30. The van der Waals surface area contributed by atoms with E-state index in [0.717, 1.165) is 16.8 Å². The van der Waals surface area contributed by atoms with Gasteiger partial charge in [-0.25, -0.2) is 4.68 Å². The molecule has 3 aromatic rings. The van der Waals surface area contributed by atoms with Gasteiger partial charge in [0.25, 0.3) is 0 Å². The minimum atomic E-state index is -0.216. The smallest absolute Gasteiger partial charge is 0.235 e. The summed E-state index contributed by atoms with van der Waals surface area (Å²) in [6.45, 7) is 4.42. The van der Waals surface area contributed by atoms with Gasteiger partial charge in [0, 0.05) is 19.3 Å². The topological polar surface area (TPSA) is 101 Å². The second kappa shape index (κ2) is 8.05. The van der Waals surface area contributed by atoms with Crippen LogP contribution in [0.15, 0.2) is 35.5 Å². The molecule has 0 atom stereocenters. The van der Waals surface area contributed by atoms with Crippen molar-refractivity contribution in [2.75, 3.05) is 11.1 Å². The van der Waals surface area contributed by atoms with Gasteiger partial charge in [-0.2, -0.15) is 5.26 Å². The number of carbonyl (C=O) groups is 1. The Kier molecular flexibility index (Phi) is 5.57. The zero-order valence-corrected chi connectivity index (χ0v) is 16.1. The van der Waals surface area contributed by atoms with Crippen LogP contribution in [0.3, 0.4) is 0 Å². The van der Waals surface area contributed by atoms with Gasteiger partial charge < -0.3 is 9.88 Å². The number of hydrogen-bond acceptors (Lipinski definition) is 6. The first-order valence-electron chi connectivity index (χ1n) is 8.30. The lowest BCUT2D eigenvalue weighted by atomic mass is 10.2. The maximum absolute atomic E-state index is 12.5. The van der Waals surface area contributed by atoms with E-state index in [1.54, 1.807) is 7.05 Å². The van der Waals surface area contributed by atoms with E-state index in [1.165, 1.54) is 16.4 Å². The van der Waals surface area contributed by atoms with Gasteiger partial charge in [-0.05, 0) is 35.4 Å². The van der Waals surface area contributed by atoms with Crippen molar-refractivity contribution >= 4 is 23.5 Å². The van der Waals surface area contributed by atoms with Gasteiger partial charge in [-0.3, -0.25) is 4.79 Å². The van der Waals surface area contributed by atoms with E-state index in [-0.39, 0.29) is 11.7 Å². The highest BCUT2D eigenvalue weighted by atomic mass is 32.2. The summed E-state index contributed by atoms with van der Waals surface area (Å²) < 4.78 is 3.47. The third-order valence-corrected chi connectivity index (χ3v) is 5.31. The lowest BCUT2D eigenvalue weighted by molar-refractivity contribution is -0.113. The minimum absolute atomic E-state index is 0.147. The second-order valence-corrected chi connectivity index (χ2v) is 6.98. The summed E-state index contributed by atoms with van der Waals surface area (Å²) in [5.41, 5.74) is 3.40. The fourth-order valence-corrected chi connectivity index (χ4v) is 3.39. The molecule has 1 N–H and O–H groups in total. The van der Waals surface area contributed by atoms with Gasteiger partial charge in [0.2, 0.25) is 11.1 Å². The van der Waals surface area contributed by atoms with Crippen molar-refractivity contribution in [1.82, 2.24) is 24.8 Å². The number of carbonyl (C=O) groups excluding carboxylic acids is 1. The highest BCUT2D eigenvalue weighted by Gasteiger charge is 2.20. The Morgan fingerprint density at radius 1 is 1.30 bits per heavy atom. The average Bonchev–Trinajstić information content (AvgIpc) is 3.17. The van der Waals surface area contributed by atoms with Crippen molar-refractivity contribution in [1.29, 1.82) is 5.26 Å². The van der Waals surface area contributed by atoms with Gasteiger partial charge in [-0.1, -0.05) is 42.1 Å². The van der Waals surface area contributed by atoms with Crippen LogP contribution in [-0.2, 0) is 18.4 Å². The van der Waals surface area contributed by atoms with E-state index in [1.807, 2.05) is 48.7 Å². The number of rotatable bonds is 6. The second-order valence-electron chi connectivity index (χ2n) is 6.04. The van der Waals surface area contributed by atoms with Gasteiger partial charge in [0.1, 0.15) is 11.9 Å². The van der Waals surface area contributed by atoms with Gasteiger partial charge in [0.15, 0.2) is 0 Å². The van der Waals surface area contributed by atoms with Crippen molar-refractivity contribution in [2.45, 2.75) is 25.5 Å². The van der Waals surface area contributed by atoms with Crippen LogP contribution in [0.5, 0.6) is 0 Å². The fraction of sp³-hybridized carbons (Fsp3) is 0.278. The molecule has 0 spiro atoms. The number of thioether (sulfide) groups is 1. The summed E-state index contributed by atoms with van der Waals surface area (Å²) in [5, 5.41) is 24.2. The van der Waals surface area contributed by atoms with Gasteiger partial charge in [-0.15, -0.1) is 5.10 Å². The van der Waals surface area contributed by atoms with Gasteiger partial charge in [0.05, 0.1) is 11.3 Å². The van der Waals surface area contributed by atoms with E-state index in [9.17, 15) is 10.1 Å². The Balaban J connectivity index is 1.83. The normalized spacial score (nSPS) is 10.6. The van der Waals surface area contributed by atoms with Crippen LogP contribution < -0.4 is 5.32 Å². The lowest BCUT2D eigenvalue weighted by Crippen LogP contribution is -2.19. The molecule has 1 aromatic carbocycles.